The summed E-state index contributed by atoms with van der Waals surface area (Å²) in [5.74, 6) is 0.347. The van der Waals surface area contributed by atoms with E-state index in [0.717, 1.165) is 16.8 Å². The molecule has 0 unspecified atom stereocenters. The fourth-order valence-electron chi connectivity index (χ4n) is 1.92. The average Bonchev–Trinajstić information content (AvgIpc) is 2.39. The van der Waals surface area contributed by atoms with Crippen LogP contribution in [0.15, 0.2) is 48.5 Å². The molecular formula is C15H17N3O. The van der Waals surface area contributed by atoms with E-state index in [1.165, 1.54) is 0 Å². The summed E-state index contributed by atoms with van der Waals surface area (Å²) >= 11 is 0. The Kier molecular flexibility index (Phi) is 3.71. The zero-order chi connectivity index (χ0) is 13.8. The minimum absolute atomic E-state index is 0.0715. The standard InChI is InChI=1S/C15H17N3O/c1-18(10-11-3-2-4-14(19)9-11)13-7-5-12(6-8-13)15(16)17/h2-9,19H,10H2,1H3,(H3,16,17). The second kappa shape index (κ2) is 5.44. The lowest BCUT2D eigenvalue weighted by molar-refractivity contribution is 0.474. The Bertz CT molecular complexity index is 578. The number of benzene rings is 2. The molecule has 0 heterocycles. The summed E-state index contributed by atoms with van der Waals surface area (Å²) in [6.07, 6.45) is 0. The maximum absolute atomic E-state index is 9.44. The molecule has 4 heteroatoms. The number of phenolic OH excluding ortho intramolecular Hbond substituents is 1. The van der Waals surface area contributed by atoms with Gasteiger partial charge in [0.05, 0.1) is 0 Å². The molecule has 2 rings (SSSR count). The SMILES string of the molecule is CN(Cc1cccc(O)c1)c1ccc(C(=N)N)cc1. The molecular weight excluding hydrogens is 238 g/mol. The summed E-state index contributed by atoms with van der Waals surface area (Å²) in [5.41, 5.74) is 8.21. The van der Waals surface area contributed by atoms with E-state index in [4.69, 9.17) is 11.1 Å². The summed E-state index contributed by atoms with van der Waals surface area (Å²) in [7, 11) is 1.98. The second-order valence-corrected chi connectivity index (χ2v) is 4.49. The number of hydrogen-bond acceptors (Lipinski definition) is 3. The molecule has 0 aromatic heterocycles. The Morgan fingerprint density at radius 3 is 2.47 bits per heavy atom. The first-order valence-corrected chi connectivity index (χ1v) is 6.00. The summed E-state index contributed by atoms with van der Waals surface area (Å²) in [6, 6.07) is 14.7. The zero-order valence-electron chi connectivity index (χ0n) is 10.8. The molecule has 4 nitrogen and oxygen atoms in total. The Morgan fingerprint density at radius 2 is 1.89 bits per heavy atom. The van der Waals surface area contributed by atoms with Crippen molar-refractivity contribution in [2.45, 2.75) is 6.54 Å². The number of nitrogens with one attached hydrogen (secondary N) is 1. The molecule has 0 aliphatic heterocycles. The predicted octanol–water partition coefficient (Wildman–Crippen LogP) is 2.31. The Labute approximate surface area is 112 Å². The molecule has 2 aromatic carbocycles. The minimum atomic E-state index is 0.0715. The van der Waals surface area contributed by atoms with Gasteiger partial charge in [-0.25, -0.2) is 0 Å². The Morgan fingerprint density at radius 1 is 1.21 bits per heavy atom. The lowest BCUT2D eigenvalue weighted by atomic mass is 10.1. The van der Waals surface area contributed by atoms with Crippen molar-refractivity contribution in [3.63, 3.8) is 0 Å². The highest BCUT2D eigenvalue weighted by Crippen LogP contribution is 2.18. The molecule has 98 valence electrons. The third-order valence-corrected chi connectivity index (χ3v) is 2.95. The molecule has 0 aliphatic rings. The number of phenols is 1. The van der Waals surface area contributed by atoms with E-state index >= 15 is 0 Å². The fraction of sp³-hybridized carbons (Fsp3) is 0.133. The number of rotatable bonds is 4. The third kappa shape index (κ3) is 3.25. The molecule has 0 fully saturated rings. The maximum Gasteiger partial charge on any atom is 0.122 e. The topological polar surface area (TPSA) is 73.3 Å². The number of aromatic hydroxyl groups is 1. The Balaban J connectivity index is 2.11. The maximum atomic E-state index is 9.44. The normalized spacial score (nSPS) is 10.2. The number of nitrogen functional groups attached to an aromatic ring is 1. The van der Waals surface area contributed by atoms with Gasteiger partial charge in [0.1, 0.15) is 11.6 Å². The highest BCUT2D eigenvalue weighted by atomic mass is 16.3. The summed E-state index contributed by atoms with van der Waals surface area (Å²) in [4.78, 5) is 2.07. The van der Waals surface area contributed by atoms with Gasteiger partial charge in [-0.05, 0) is 42.0 Å². The van der Waals surface area contributed by atoms with E-state index in [0.29, 0.717) is 6.54 Å². The predicted molar refractivity (Wildman–Crippen MR) is 77.7 cm³/mol. The van der Waals surface area contributed by atoms with Crippen LogP contribution >= 0.6 is 0 Å². The number of nitrogens with zero attached hydrogens (tertiary/aromatic N) is 1. The summed E-state index contributed by atoms with van der Waals surface area (Å²) < 4.78 is 0. The second-order valence-electron chi connectivity index (χ2n) is 4.49. The van der Waals surface area contributed by atoms with Gasteiger partial charge in [-0.2, -0.15) is 0 Å². The molecule has 0 saturated carbocycles. The van der Waals surface area contributed by atoms with Crippen molar-refractivity contribution in [2.75, 3.05) is 11.9 Å². The summed E-state index contributed by atoms with van der Waals surface area (Å²) in [5, 5.41) is 16.8. The van der Waals surface area contributed by atoms with Crippen LogP contribution in [0.2, 0.25) is 0 Å². The molecule has 0 atom stereocenters. The highest BCUT2D eigenvalue weighted by molar-refractivity contribution is 5.95. The molecule has 0 radical (unpaired) electrons. The van der Waals surface area contributed by atoms with E-state index in [2.05, 4.69) is 4.90 Å². The van der Waals surface area contributed by atoms with Crippen LogP contribution in [0.5, 0.6) is 5.75 Å². The first-order chi connectivity index (χ1) is 9.06. The molecule has 0 amide bonds. The first kappa shape index (κ1) is 13.0. The van der Waals surface area contributed by atoms with Crippen molar-refractivity contribution < 1.29 is 5.11 Å². The van der Waals surface area contributed by atoms with Crippen LogP contribution in [0, 0.1) is 5.41 Å². The molecule has 4 N–H and O–H groups in total. The highest BCUT2D eigenvalue weighted by Gasteiger charge is 2.04. The van der Waals surface area contributed by atoms with Crippen LogP contribution in [0.3, 0.4) is 0 Å². The lowest BCUT2D eigenvalue weighted by Crippen LogP contribution is -2.17. The van der Waals surface area contributed by atoms with Gasteiger partial charge >= 0.3 is 0 Å². The van der Waals surface area contributed by atoms with Crippen molar-refractivity contribution >= 4 is 11.5 Å². The van der Waals surface area contributed by atoms with Gasteiger partial charge in [0.15, 0.2) is 0 Å². The van der Waals surface area contributed by atoms with E-state index in [-0.39, 0.29) is 11.6 Å². The van der Waals surface area contributed by atoms with Crippen molar-refractivity contribution in [2.24, 2.45) is 5.73 Å². The van der Waals surface area contributed by atoms with Gasteiger partial charge in [0.25, 0.3) is 0 Å². The lowest BCUT2D eigenvalue weighted by Gasteiger charge is -2.19. The Hall–Kier alpha value is -2.49. The van der Waals surface area contributed by atoms with Gasteiger partial charge in [-0.1, -0.05) is 12.1 Å². The van der Waals surface area contributed by atoms with Crippen LogP contribution in [0.4, 0.5) is 5.69 Å². The van der Waals surface area contributed by atoms with Gasteiger partial charge in [0, 0.05) is 24.8 Å². The van der Waals surface area contributed by atoms with E-state index in [1.54, 1.807) is 12.1 Å². The first-order valence-electron chi connectivity index (χ1n) is 6.00. The smallest absolute Gasteiger partial charge is 0.122 e. The molecule has 0 saturated heterocycles. The molecule has 19 heavy (non-hydrogen) atoms. The van der Waals surface area contributed by atoms with Gasteiger partial charge in [0.2, 0.25) is 0 Å². The van der Waals surface area contributed by atoms with Gasteiger partial charge < -0.3 is 15.7 Å². The van der Waals surface area contributed by atoms with Crippen LogP contribution in [0.25, 0.3) is 0 Å². The van der Waals surface area contributed by atoms with Gasteiger partial charge in [-0.15, -0.1) is 0 Å². The van der Waals surface area contributed by atoms with Gasteiger partial charge in [-0.3, -0.25) is 5.41 Å². The fourth-order valence-corrected chi connectivity index (χ4v) is 1.92. The van der Waals surface area contributed by atoms with Crippen LogP contribution in [-0.4, -0.2) is 18.0 Å². The molecule has 0 spiro atoms. The monoisotopic (exact) mass is 255 g/mol. The number of amidine groups is 1. The minimum Gasteiger partial charge on any atom is -0.508 e. The largest absolute Gasteiger partial charge is 0.508 e. The van der Waals surface area contributed by atoms with Crippen molar-refractivity contribution in [1.29, 1.82) is 5.41 Å². The average molecular weight is 255 g/mol. The number of nitrogens with two attached hydrogens (primary N) is 1. The van der Waals surface area contributed by atoms with E-state index in [1.807, 2.05) is 43.4 Å². The van der Waals surface area contributed by atoms with Crippen molar-refractivity contribution in [3.8, 4) is 5.75 Å². The third-order valence-electron chi connectivity index (χ3n) is 2.95. The molecule has 0 bridgehead atoms. The van der Waals surface area contributed by atoms with Crippen molar-refractivity contribution in [3.05, 3.63) is 59.7 Å². The zero-order valence-corrected chi connectivity index (χ0v) is 10.8. The number of anilines is 1. The molecule has 2 aromatic rings. The van der Waals surface area contributed by atoms with E-state index in [9.17, 15) is 5.11 Å². The van der Waals surface area contributed by atoms with E-state index < -0.39 is 0 Å². The van der Waals surface area contributed by atoms with Crippen molar-refractivity contribution in [1.82, 2.24) is 0 Å². The van der Waals surface area contributed by atoms with Crippen LogP contribution < -0.4 is 10.6 Å². The quantitative estimate of drug-likeness (QED) is 0.580. The van der Waals surface area contributed by atoms with Crippen LogP contribution in [-0.2, 0) is 6.54 Å². The van der Waals surface area contributed by atoms with Crippen LogP contribution in [0.1, 0.15) is 11.1 Å². The molecule has 0 aliphatic carbocycles. The summed E-state index contributed by atoms with van der Waals surface area (Å²) in [6.45, 7) is 0.702. The number of hydrogen-bond donors (Lipinski definition) is 3.